The maximum atomic E-state index is 12.4. The molecule has 5 rings (SSSR count). The van der Waals surface area contributed by atoms with Crippen LogP contribution in [0.2, 0.25) is 0 Å². The summed E-state index contributed by atoms with van der Waals surface area (Å²) >= 11 is 0. The van der Waals surface area contributed by atoms with Crippen molar-refractivity contribution in [3.8, 4) is 0 Å². The second kappa shape index (κ2) is 6.00. The van der Waals surface area contributed by atoms with Gasteiger partial charge in [0, 0.05) is 38.0 Å². The minimum absolute atomic E-state index is 0.270. The number of carbonyl (C=O) groups is 1. The maximum Gasteiger partial charge on any atom is 0.225 e. The van der Waals surface area contributed by atoms with Crippen molar-refractivity contribution in [1.29, 1.82) is 0 Å². The van der Waals surface area contributed by atoms with E-state index in [9.17, 15) is 4.79 Å². The van der Waals surface area contributed by atoms with Gasteiger partial charge in [0.1, 0.15) is 0 Å². The summed E-state index contributed by atoms with van der Waals surface area (Å²) in [6.07, 6.45) is 8.92. The first kappa shape index (κ1) is 15.2. The first-order valence-electron chi connectivity index (χ1n) is 9.68. The summed E-state index contributed by atoms with van der Waals surface area (Å²) in [7, 11) is 0. The second-order valence-corrected chi connectivity index (χ2v) is 7.75. The Balaban J connectivity index is 1.37. The van der Waals surface area contributed by atoms with Crippen molar-refractivity contribution in [2.24, 2.45) is 5.92 Å². The third kappa shape index (κ3) is 2.87. The highest BCUT2D eigenvalue weighted by Gasteiger charge is 2.36. The summed E-state index contributed by atoms with van der Waals surface area (Å²) in [5.41, 5.74) is 2.14. The molecule has 4 heterocycles. The topological polar surface area (TPSA) is 53.7 Å². The number of hydrogen-bond donors (Lipinski definition) is 0. The van der Waals surface area contributed by atoms with Gasteiger partial charge in [0.25, 0.3) is 0 Å². The van der Waals surface area contributed by atoms with Gasteiger partial charge in [-0.15, -0.1) is 0 Å². The van der Waals surface area contributed by atoms with E-state index in [-0.39, 0.29) is 5.92 Å². The SMILES string of the molecule is O=C(C1CC1)N1CCCC(c2nc3ccc(N4CCCC4)cn3n2)C1. The van der Waals surface area contributed by atoms with Crippen molar-refractivity contribution in [2.45, 2.75) is 44.4 Å². The molecule has 1 atom stereocenters. The van der Waals surface area contributed by atoms with Crippen LogP contribution < -0.4 is 4.90 Å². The zero-order valence-corrected chi connectivity index (χ0v) is 14.6. The number of piperidine rings is 1. The van der Waals surface area contributed by atoms with Crippen molar-refractivity contribution in [3.63, 3.8) is 0 Å². The Kier molecular flexibility index (Phi) is 3.64. The van der Waals surface area contributed by atoms with E-state index in [1.165, 1.54) is 18.5 Å². The Morgan fingerprint density at radius 2 is 1.88 bits per heavy atom. The standard InChI is InChI=1S/C19H25N5O/c25-19(14-5-6-14)23-11-3-4-15(12-23)18-20-17-8-7-16(13-24(17)21-18)22-9-1-2-10-22/h7-8,13-15H,1-6,9-12H2. The monoisotopic (exact) mass is 339 g/mol. The highest BCUT2D eigenvalue weighted by atomic mass is 16.2. The molecule has 25 heavy (non-hydrogen) atoms. The Morgan fingerprint density at radius 3 is 2.68 bits per heavy atom. The van der Waals surface area contributed by atoms with E-state index in [1.807, 2.05) is 9.42 Å². The van der Waals surface area contributed by atoms with E-state index in [1.54, 1.807) is 0 Å². The summed E-state index contributed by atoms with van der Waals surface area (Å²) < 4.78 is 1.92. The van der Waals surface area contributed by atoms with Gasteiger partial charge in [-0.1, -0.05) is 0 Å². The molecule has 2 aliphatic heterocycles. The van der Waals surface area contributed by atoms with Gasteiger partial charge in [-0.3, -0.25) is 4.79 Å². The van der Waals surface area contributed by atoms with Crippen LogP contribution in [0.25, 0.3) is 5.65 Å². The van der Waals surface area contributed by atoms with Crippen LogP contribution in [0.15, 0.2) is 18.3 Å². The zero-order valence-electron chi connectivity index (χ0n) is 14.6. The Morgan fingerprint density at radius 1 is 1.04 bits per heavy atom. The number of amides is 1. The van der Waals surface area contributed by atoms with Crippen molar-refractivity contribution >= 4 is 17.2 Å². The fraction of sp³-hybridized carbons (Fsp3) is 0.632. The number of rotatable bonds is 3. The van der Waals surface area contributed by atoms with Gasteiger partial charge in [0.05, 0.1) is 11.9 Å². The summed E-state index contributed by atoms with van der Waals surface area (Å²) in [4.78, 5) is 21.6. The van der Waals surface area contributed by atoms with E-state index in [2.05, 4.69) is 23.2 Å². The van der Waals surface area contributed by atoms with Crippen LogP contribution in [0.5, 0.6) is 0 Å². The van der Waals surface area contributed by atoms with Crippen LogP contribution in [0, 0.1) is 5.92 Å². The predicted molar refractivity (Wildman–Crippen MR) is 95.7 cm³/mol. The molecule has 3 fully saturated rings. The summed E-state index contributed by atoms with van der Waals surface area (Å²) in [6, 6.07) is 4.23. The first-order chi connectivity index (χ1) is 12.3. The van der Waals surface area contributed by atoms with Crippen LogP contribution in [0.3, 0.4) is 0 Å². The molecule has 0 aromatic carbocycles. The van der Waals surface area contributed by atoms with Gasteiger partial charge in [0.15, 0.2) is 11.5 Å². The van der Waals surface area contributed by atoms with E-state index < -0.39 is 0 Å². The van der Waals surface area contributed by atoms with Crippen LogP contribution in [0.4, 0.5) is 5.69 Å². The first-order valence-corrected chi connectivity index (χ1v) is 9.68. The van der Waals surface area contributed by atoms with Gasteiger partial charge in [-0.05, 0) is 50.7 Å². The van der Waals surface area contributed by atoms with Crippen molar-refractivity contribution in [3.05, 3.63) is 24.2 Å². The largest absolute Gasteiger partial charge is 0.370 e. The van der Waals surface area contributed by atoms with E-state index in [4.69, 9.17) is 10.1 Å². The Labute approximate surface area is 147 Å². The van der Waals surface area contributed by atoms with Gasteiger partial charge in [0.2, 0.25) is 5.91 Å². The molecule has 1 unspecified atom stereocenters. The van der Waals surface area contributed by atoms with Crippen LogP contribution in [-0.4, -0.2) is 51.6 Å². The molecule has 132 valence electrons. The molecule has 1 aliphatic carbocycles. The van der Waals surface area contributed by atoms with Crippen molar-refractivity contribution in [1.82, 2.24) is 19.5 Å². The predicted octanol–water partition coefficient (Wildman–Crippen LogP) is 2.45. The number of nitrogens with zero attached hydrogens (tertiary/aromatic N) is 5. The molecule has 1 amide bonds. The Hall–Kier alpha value is -2.11. The summed E-state index contributed by atoms with van der Waals surface area (Å²) in [6.45, 7) is 3.95. The lowest BCUT2D eigenvalue weighted by molar-refractivity contribution is -0.133. The molecule has 6 heteroatoms. The third-order valence-corrected chi connectivity index (χ3v) is 5.83. The lowest BCUT2D eigenvalue weighted by Crippen LogP contribution is -2.40. The van der Waals surface area contributed by atoms with E-state index in [0.717, 1.165) is 63.3 Å². The van der Waals surface area contributed by atoms with Crippen molar-refractivity contribution in [2.75, 3.05) is 31.1 Å². The number of anilines is 1. The fourth-order valence-electron chi connectivity index (χ4n) is 4.20. The average molecular weight is 339 g/mol. The molecular formula is C19H25N5O. The molecule has 2 aromatic heterocycles. The van der Waals surface area contributed by atoms with Gasteiger partial charge in [-0.25, -0.2) is 9.50 Å². The highest BCUT2D eigenvalue weighted by molar-refractivity contribution is 5.81. The van der Waals surface area contributed by atoms with Crippen LogP contribution in [0.1, 0.15) is 50.3 Å². The second-order valence-electron chi connectivity index (χ2n) is 7.75. The minimum atomic E-state index is 0.270. The minimum Gasteiger partial charge on any atom is -0.370 e. The molecule has 1 saturated carbocycles. The molecule has 6 nitrogen and oxygen atoms in total. The quantitative estimate of drug-likeness (QED) is 0.862. The van der Waals surface area contributed by atoms with Gasteiger partial charge in [-0.2, -0.15) is 5.10 Å². The molecule has 0 spiro atoms. The third-order valence-electron chi connectivity index (χ3n) is 5.83. The number of aromatic nitrogens is 3. The lowest BCUT2D eigenvalue weighted by Gasteiger charge is -2.31. The number of carbonyl (C=O) groups excluding carboxylic acids is 1. The Bertz CT molecular complexity index is 790. The van der Waals surface area contributed by atoms with Crippen LogP contribution in [-0.2, 0) is 4.79 Å². The fourth-order valence-corrected chi connectivity index (χ4v) is 4.20. The van der Waals surface area contributed by atoms with Gasteiger partial charge < -0.3 is 9.80 Å². The smallest absolute Gasteiger partial charge is 0.225 e. The number of fused-ring (bicyclic) bond motifs is 1. The normalized spacial score (nSPS) is 24.2. The number of hydrogen-bond acceptors (Lipinski definition) is 4. The summed E-state index contributed by atoms with van der Waals surface area (Å²) in [5.74, 6) is 1.82. The van der Waals surface area contributed by atoms with Crippen molar-refractivity contribution < 1.29 is 4.79 Å². The van der Waals surface area contributed by atoms with Gasteiger partial charge >= 0.3 is 0 Å². The molecule has 0 radical (unpaired) electrons. The zero-order chi connectivity index (χ0) is 16.8. The molecule has 2 aromatic rings. The maximum absolute atomic E-state index is 12.4. The molecule has 0 N–H and O–H groups in total. The number of likely N-dealkylation sites (tertiary alicyclic amines) is 1. The van der Waals surface area contributed by atoms with E-state index in [0.29, 0.717) is 11.8 Å². The van der Waals surface area contributed by atoms with E-state index >= 15 is 0 Å². The molecular weight excluding hydrogens is 314 g/mol. The molecule has 0 bridgehead atoms. The molecule has 2 saturated heterocycles. The van der Waals surface area contributed by atoms with Crippen LogP contribution >= 0.6 is 0 Å². The summed E-state index contributed by atoms with van der Waals surface area (Å²) in [5, 5.41) is 4.76. The average Bonchev–Trinajstić information content (AvgIpc) is 3.18. The highest BCUT2D eigenvalue weighted by Crippen LogP contribution is 2.34. The number of pyridine rings is 1. The lowest BCUT2D eigenvalue weighted by atomic mass is 9.97. The molecule has 3 aliphatic rings.